The van der Waals surface area contributed by atoms with Crippen LogP contribution in [-0.2, 0) is 4.79 Å². The summed E-state index contributed by atoms with van der Waals surface area (Å²) in [5.74, 6) is -0.00201. The van der Waals surface area contributed by atoms with Crippen LogP contribution < -0.4 is 10.3 Å². The molecule has 1 aliphatic carbocycles. The molecule has 6 heteroatoms. The number of fused-ring (bicyclic) bond motifs is 1. The van der Waals surface area contributed by atoms with Crippen molar-refractivity contribution in [2.24, 2.45) is 11.0 Å². The van der Waals surface area contributed by atoms with Gasteiger partial charge < -0.3 is 4.90 Å². The number of para-hydroxylation sites is 1. The zero-order chi connectivity index (χ0) is 17.4. The fourth-order valence-electron chi connectivity index (χ4n) is 2.91. The number of hydrazone groups is 1. The lowest BCUT2D eigenvalue weighted by molar-refractivity contribution is -0.112. The van der Waals surface area contributed by atoms with Crippen LogP contribution in [0.1, 0.15) is 28.8 Å². The second-order valence-electron chi connectivity index (χ2n) is 6.29. The molecule has 2 aromatic rings. The minimum absolute atomic E-state index is 0.167. The molecule has 126 valence electrons. The molecule has 0 bridgehead atoms. The Morgan fingerprint density at radius 1 is 1.20 bits per heavy atom. The molecule has 1 heterocycles. The van der Waals surface area contributed by atoms with Crippen LogP contribution in [0.4, 0.5) is 5.69 Å². The maximum atomic E-state index is 12.8. The molecule has 2 aliphatic rings. The molecule has 1 saturated carbocycles. The quantitative estimate of drug-likeness (QED) is 0.858. The van der Waals surface area contributed by atoms with Gasteiger partial charge in [0.15, 0.2) is 5.71 Å². The molecule has 0 spiro atoms. The van der Waals surface area contributed by atoms with Gasteiger partial charge in [0.25, 0.3) is 11.8 Å². The molecule has 5 nitrogen and oxygen atoms in total. The van der Waals surface area contributed by atoms with Gasteiger partial charge in [-0.2, -0.15) is 5.10 Å². The second-order valence-corrected chi connectivity index (χ2v) is 6.72. The van der Waals surface area contributed by atoms with Gasteiger partial charge in [-0.1, -0.05) is 35.9 Å². The molecule has 0 saturated heterocycles. The van der Waals surface area contributed by atoms with E-state index < -0.39 is 5.91 Å². The first-order valence-electron chi connectivity index (χ1n) is 8.18. The van der Waals surface area contributed by atoms with Gasteiger partial charge in [-0.25, -0.2) is 5.43 Å². The average molecular weight is 354 g/mol. The zero-order valence-corrected chi connectivity index (χ0v) is 14.2. The number of hydrogen-bond acceptors (Lipinski definition) is 3. The SMILES string of the molecule is O=C(N/N=C1/C(=O)N(CC2CC2)c2ccccc21)c1cccc(Cl)c1. The number of benzene rings is 2. The van der Waals surface area contributed by atoms with Crippen molar-refractivity contribution in [1.29, 1.82) is 0 Å². The Kier molecular flexibility index (Phi) is 4.01. The van der Waals surface area contributed by atoms with E-state index in [9.17, 15) is 9.59 Å². The first kappa shape index (κ1) is 15.8. The Bertz CT molecular complexity index is 890. The molecule has 0 unspecified atom stereocenters. The summed E-state index contributed by atoms with van der Waals surface area (Å²) >= 11 is 5.90. The average Bonchev–Trinajstić information content (AvgIpc) is 3.40. The Balaban J connectivity index is 1.59. The summed E-state index contributed by atoms with van der Waals surface area (Å²) in [7, 11) is 0. The molecule has 25 heavy (non-hydrogen) atoms. The largest absolute Gasteiger partial charge is 0.306 e. The third-order valence-electron chi connectivity index (χ3n) is 4.39. The predicted molar refractivity (Wildman–Crippen MR) is 97.0 cm³/mol. The summed E-state index contributed by atoms with van der Waals surface area (Å²) in [6.45, 7) is 0.705. The van der Waals surface area contributed by atoms with Crippen LogP contribution in [0.25, 0.3) is 0 Å². The molecular weight excluding hydrogens is 338 g/mol. The first-order valence-corrected chi connectivity index (χ1v) is 8.56. The van der Waals surface area contributed by atoms with E-state index in [0.29, 0.717) is 23.0 Å². The van der Waals surface area contributed by atoms with E-state index in [0.717, 1.165) is 24.1 Å². The third kappa shape index (κ3) is 3.15. The predicted octanol–water partition coefficient (Wildman–Crippen LogP) is 3.23. The maximum absolute atomic E-state index is 12.8. The normalized spacial score (nSPS) is 17.7. The van der Waals surface area contributed by atoms with Gasteiger partial charge in [0.1, 0.15) is 0 Å². The lowest BCUT2D eigenvalue weighted by Crippen LogP contribution is -2.33. The summed E-state index contributed by atoms with van der Waals surface area (Å²) in [6.07, 6.45) is 2.31. The topological polar surface area (TPSA) is 61.8 Å². The van der Waals surface area contributed by atoms with Crippen LogP contribution in [0.15, 0.2) is 53.6 Å². The summed E-state index contributed by atoms with van der Waals surface area (Å²) < 4.78 is 0. The standard InChI is InChI=1S/C19H16ClN3O2/c20-14-5-3-4-13(10-14)18(24)22-21-17-15-6-1-2-7-16(15)23(19(17)25)11-12-8-9-12/h1-7,10,12H,8-9,11H2,(H,22,24)/b21-17+. The number of carbonyl (C=O) groups is 2. The van der Waals surface area contributed by atoms with Crippen molar-refractivity contribution in [3.05, 3.63) is 64.7 Å². The molecule has 1 N–H and O–H groups in total. The van der Waals surface area contributed by atoms with Gasteiger partial charge in [0.05, 0.1) is 5.69 Å². The van der Waals surface area contributed by atoms with Crippen molar-refractivity contribution >= 4 is 34.8 Å². The highest BCUT2D eigenvalue weighted by Gasteiger charge is 2.37. The van der Waals surface area contributed by atoms with E-state index in [1.165, 1.54) is 0 Å². The number of rotatable bonds is 4. The number of halogens is 1. The van der Waals surface area contributed by atoms with Crippen LogP contribution in [0.5, 0.6) is 0 Å². The fraction of sp³-hybridized carbons (Fsp3) is 0.211. The van der Waals surface area contributed by atoms with Crippen LogP contribution in [-0.4, -0.2) is 24.1 Å². The Morgan fingerprint density at radius 2 is 2.00 bits per heavy atom. The number of anilines is 1. The minimum atomic E-state index is -0.402. The van der Waals surface area contributed by atoms with Gasteiger partial charge >= 0.3 is 0 Å². The van der Waals surface area contributed by atoms with Gasteiger partial charge in [-0.3, -0.25) is 9.59 Å². The molecule has 1 fully saturated rings. The number of hydrogen-bond donors (Lipinski definition) is 1. The molecule has 2 aromatic carbocycles. The summed E-state index contributed by atoms with van der Waals surface area (Å²) in [5.41, 5.74) is 4.74. The number of amides is 2. The Morgan fingerprint density at radius 3 is 2.76 bits per heavy atom. The van der Waals surface area contributed by atoms with Gasteiger partial charge in [0, 0.05) is 22.7 Å². The third-order valence-corrected chi connectivity index (χ3v) is 4.63. The second kappa shape index (κ2) is 6.33. The van der Waals surface area contributed by atoms with Crippen molar-refractivity contribution in [3.63, 3.8) is 0 Å². The highest BCUT2D eigenvalue weighted by Crippen LogP contribution is 2.35. The number of nitrogens with one attached hydrogen (secondary N) is 1. The van der Waals surface area contributed by atoms with Crippen molar-refractivity contribution < 1.29 is 9.59 Å². The molecule has 4 rings (SSSR count). The molecule has 0 atom stereocenters. The van der Waals surface area contributed by atoms with Crippen LogP contribution in [0.3, 0.4) is 0 Å². The van der Waals surface area contributed by atoms with Crippen molar-refractivity contribution in [2.45, 2.75) is 12.8 Å². The molecular formula is C19H16ClN3O2. The Labute approximate surface area is 150 Å². The van der Waals surface area contributed by atoms with E-state index in [2.05, 4.69) is 10.5 Å². The highest BCUT2D eigenvalue weighted by molar-refractivity contribution is 6.54. The summed E-state index contributed by atoms with van der Waals surface area (Å²) in [5, 5.41) is 4.58. The van der Waals surface area contributed by atoms with Crippen molar-refractivity contribution in [2.75, 3.05) is 11.4 Å². The Hall–Kier alpha value is -2.66. The molecule has 1 aliphatic heterocycles. The van der Waals surface area contributed by atoms with Crippen LogP contribution in [0.2, 0.25) is 5.02 Å². The number of nitrogens with zero attached hydrogens (tertiary/aromatic N) is 2. The van der Waals surface area contributed by atoms with E-state index in [1.807, 2.05) is 24.3 Å². The zero-order valence-electron chi connectivity index (χ0n) is 13.4. The van der Waals surface area contributed by atoms with Crippen molar-refractivity contribution in [3.8, 4) is 0 Å². The summed E-state index contributed by atoms with van der Waals surface area (Å²) in [4.78, 5) is 26.8. The van der Waals surface area contributed by atoms with E-state index in [1.54, 1.807) is 29.2 Å². The van der Waals surface area contributed by atoms with E-state index in [4.69, 9.17) is 11.6 Å². The highest BCUT2D eigenvalue weighted by atomic mass is 35.5. The lowest BCUT2D eigenvalue weighted by Gasteiger charge is -2.15. The summed E-state index contributed by atoms with van der Waals surface area (Å²) in [6, 6.07) is 14.1. The molecule has 0 radical (unpaired) electrons. The molecule has 0 aromatic heterocycles. The van der Waals surface area contributed by atoms with Crippen molar-refractivity contribution in [1.82, 2.24) is 5.43 Å². The minimum Gasteiger partial charge on any atom is -0.306 e. The first-order chi connectivity index (χ1) is 12.1. The van der Waals surface area contributed by atoms with Crippen LogP contribution >= 0.6 is 11.6 Å². The van der Waals surface area contributed by atoms with E-state index >= 15 is 0 Å². The monoisotopic (exact) mass is 353 g/mol. The van der Waals surface area contributed by atoms with Gasteiger partial charge in [0.2, 0.25) is 0 Å². The van der Waals surface area contributed by atoms with Gasteiger partial charge in [-0.15, -0.1) is 0 Å². The number of carbonyl (C=O) groups excluding carboxylic acids is 2. The van der Waals surface area contributed by atoms with Gasteiger partial charge in [-0.05, 0) is 43.0 Å². The van der Waals surface area contributed by atoms with Crippen LogP contribution in [0, 0.1) is 5.92 Å². The maximum Gasteiger partial charge on any atom is 0.279 e. The molecule has 2 amide bonds. The lowest BCUT2D eigenvalue weighted by atomic mass is 10.1. The van der Waals surface area contributed by atoms with E-state index in [-0.39, 0.29) is 11.6 Å². The smallest absolute Gasteiger partial charge is 0.279 e. The fourth-order valence-corrected chi connectivity index (χ4v) is 3.10.